The van der Waals surface area contributed by atoms with Gasteiger partial charge in [0.2, 0.25) is 0 Å². The first-order valence-electron chi connectivity index (χ1n) is 7.14. The maximum Gasteiger partial charge on any atom is 0.387 e. The van der Waals surface area contributed by atoms with E-state index in [-0.39, 0.29) is 5.75 Å². The maximum absolute atomic E-state index is 12.4. The van der Waals surface area contributed by atoms with Crippen molar-refractivity contribution >= 4 is 0 Å². The summed E-state index contributed by atoms with van der Waals surface area (Å²) in [6.45, 7) is -0.307. The van der Waals surface area contributed by atoms with Crippen LogP contribution in [-0.4, -0.2) is 26.3 Å². The zero-order valence-corrected chi connectivity index (χ0v) is 11.3. The average molecular weight is 283 g/mol. The molecule has 0 radical (unpaired) electrons. The zero-order valence-electron chi connectivity index (χ0n) is 11.3. The van der Waals surface area contributed by atoms with Crippen LogP contribution in [0.1, 0.15) is 30.7 Å². The van der Waals surface area contributed by atoms with Crippen LogP contribution in [0.25, 0.3) is 0 Å². The lowest BCUT2D eigenvalue weighted by Crippen LogP contribution is -2.09. The van der Waals surface area contributed by atoms with Crippen LogP contribution in [0.3, 0.4) is 0 Å². The Morgan fingerprint density at radius 2 is 2.05 bits per heavy atom. The van der Waals surface area contributed by atoms with Crippen molar-refractivity contribution in [1.82, 2.24) is 5.32 Å². The Hall–Kier alpha value is -1.36. The highest BCUT2D eigenvalue weighted by molar-refractivity contribution is 5.44. The number of ether oxygens (including phenoxy) is 2. The Morgan fingerprint density at radius 1 is 1.20 bits per heavy atom. The highest BCUT2D eigenvalue weighted by atomic mass is 19.3. The van der Waals surface area contributed by atoms with Gasteiger partial charge in [0, 0.05) is 6.54 Å². The normalized spacial score (nSPS) is 22.2. The molecule has 3 rings (SSSR count). The van der Waals surface area contributed by atoms with Gasteiger partial charge in [-0.3, -0.25) is 0 Å². The van der Waals surface area contributed by atoms with Crippen LogP contribution in [-0.2, 0) is 0 Å². The number of nitrogens with one attached hydrogen (secondary N) is 1. The monoisotopic (exact) mass is 283 g/mol. The second-order valence-corrected chi connectivity index (χ2v) is 5.53. The predicted octanol–water partition coefficient (Wildman–Crippen LogP) is 3.15. The summed E-state index contributed by atoms with van der Waals surface area (Å²) in [5, 5.41) is 3.31. The highest BCUT2D eigenvalue weighted by Crippen LogP contribution is 2.36. The topological polar surface area (TPSA) is 30.5 Å². The average Bonchev–Trinajstić information content (AvgIpc) is 3.09. The molecule has 0 bridgehead atoms. The number of rotatable bonds is 6. The number of alkyl halides is 2. The smallest absolute Gasteiger partial charge is 0.387 e. The molecule has 0 amide bonds. The molecule has 20 heavy (non-hydrogen) atoms. The lowest BCUT2D eigenvalue weighted by Gasteiger charge is -2.16. The molecule has 110 valence electrons. The van der Waals surface area contributed by atoms with E-state index < -0.39 is 6.61 Å². The standard InChI is InChI=1S/C15H19F2NO2/c16-15(17)20-13-4-3-11(12-5-6-18-8-12)7-14(13)19-9-10-1-2-10/h3-4,7,10,12,15,18H,1-2,5-6,8-9H2. The SMILES string of the molecule is FC(F)Oc1ccc(C2CCNC2)cc1OCC1CC1. The lowest BCUT2D eigenvalue weighted by molar-refractivity contribution is -0.0515. The fourth-order valence-electron chi connectivity index (χ4n) is 2.52. The van der Waals surface area contributed by atoms with E-state index in [4.69, 9.17) is 4.74 Å². The number of halogens is 2. The van der Waals surface area contributed by atoms with Crippen LogP contribution < -0.4 is 14.8 Å². The fourth-order valence-corrected chi connectivity index (χ4v) is 2.52. The first-order valence-corrected chi connectivity index (χ1v) is 7.14. The van der Waals surface area contributed by atoms with Crippen LogP contribution in [0.15, 0.2) is 18.2 Å². The van der Waals surface area contributed by atoms with Crippen molar-refractivity contribution in [3.8, 4) is 11.5 Å². The molecule has 1 saturated carbocycles. The van der Waals surface area contributed by atoms with Gasteiger partial charge in [0.1, 0.15) is 0 Å². The fraction of sp³-hybridized carbons (Fsp3) is 0.600. The van der Waals surface area contributed by atoms with Crippen LogP contribution >= 0.6 is 0 Å². The highest BCUT2D eigenvalue weighted by Gasteiger charge is 2.24. The molecule has 2 aliphatic rings. The number of hydrogen-bond acceptors (Lipinski definition) is 3. The molecule has 1 aromatic rings. The second-order valence-electron chi connectivity index (χ2n) is 5.53. The summed E-state index contributed by atoms with van der Waals surface area (Å²) >= 11 is 0. The first kappa shape index (κ1) is 13.6. The van der Waals surface area contributed by atoms with Crippen molar-refractivity contribution in [3.63, 3.8) is 0 Å². The third-order valence-electron chi connectivity index (χ3n) is 3.89. The van der Waals surface area contributed by atoms with Gasteiger partial charge in [-0.05, 0) is 55.3 Å². The van der Waals surface area contributed by atoms with E-state index in [1.807, 2.05) is 12.1 Å². The second kappa shape index (κ2) is 5.95. The van der Waals surface area contributed by atoms with Gasteiger partial charge in [0.25, 0.3) is 0 Å². The van der Waals surface area contributed by atoms with Gasteiger partial charge in [-0.25, -0.2) is 0 Å². The lowest BCUT2D eigenvalue weighted by atomic mass is 9.98. The van der Waals surface area contributed by atoms with E-state index in [9.17, 15) is 8.78 Å². The molecule has 1 saturated heterocycles. The quantitative estimate of drug-likeness (QED) is 0.870. The van der Waals surface area contributed by atoms with Crippen molar-refractivity contribution in [2.45, 2.75) is 31.8 Å². The predicted molar refractivity (Wildman–Crippen MR) is 71.5 cm³/mol. The Labute approximate surface area is 117 Å². The summed E-state index contributed by atoms with van der Waals surface area (Å²) in [5.74, 6) is 1.59. The molecule has 1 atom stereocenters. The van der Waals surface area contributed by atoms with Gasteiger partial charge in [-0.2, -0.15) is 8.78 Å². The first-order chi connectivity index (χ1) is 9.72. The molecule has 3 nitrogen and oxygen atoms in total. The van der Waals surface area contributed by atoms with E-state index >= 15 is 0 Å². The zero-order chi connectivity index (χ0) is 13.9. The van der Waals surface area contributed by atoms with Crippen LogP contribution in [0.2, 0.25) is 0 Å². The molecule has 2 fully saturated rings. The van der Waals surface area contributed by atoms with E-state index in [2.05, 4.69) is 10.1 Å². The summed E-state index contributed by atoms with van der Waals surface area (Å²) in [6, 6.07) is 5.32. The van der Waals surface area contributed by atoms with Gasteiger partial charge in [0.15, 0.2) is 11.5 Å². The van der Waals surface area contributed by atoms with Gasteiger partial charge < -0.3 is 14.8 Å². The Bertz CT molecular complexity index is 457. The van der Waals surface area contributed by atoms with Crippen LogP contribution in [0, 0.1) is 5.92 Å². The largest absolute Gasteiger partial charge is 0.489 e. The third-order valence-corrected chi connectivity index (χ3v) is 3.89. The molecule has 1 aliphatic carbocycles. The van der Waals surface area contributed by atoms with E-state index in [0.717, 1.165) is 37.9 Å². The molecule has 0 aromatic heterocycles. The van der Waals surface area contributed by atoms with Gasteiger partial charge >= 0.3 is 6.61 Å². The Kier molecular flexibility index (Phi) is 4.05. The molecular weight excluding hydrogens is 264 g/mol. The summed E-state index contributed by atoms with van der Waals surface area (Å²) in [6.07, 6.45) is 3.39. The van der Waals surface area contributed by atoms with E-state index in [1.54, 1.807) is 6.07 Å². The summed E-state index contributed by atoms with van der Waals surface area (Å²) in [4.78, 5) is 0. The van der Waals surface area contributed by atoms with Gasteiger partial charge in [-0.15, -0.1) is 0 Å². The van der Waals surface area contributed by atoms with Gasteiger partial charge in [-0.1, -0.05) is 6.07 Å². The maximum atomic E-state index is 12.4. The minimum Gasteiger partial charge on any atom is -0.489 e. The molecule has 0 spiro atoms. The minimum absolute atomic E-state index is 0.135. The van der Waals surface area contributed by atoms with Crippen molar-refractivity contribution in [3.05, 3.63) is 23.8 Å². The Balaban J connectivity index is 1.77. The van der Waals surface area contributed by atoms with E-state index in [0.29, 0.717) is 24.2 Å². The number of hydrogen-bond donors (Lipinski definition) is 1. The van der Waals surface area contributed by atoms with Crippen LogP contribution in [0.5, 0.6) is 11.5 Å². The summed E-state index contributed by atoms with van der Waals surface area (Å²) in [7, 11) is 0. The van der Waals surface area contributed by atoms with Crippen molar-refractivity contribution in [2.75, 3.05) is 19.7 Å². The van der Waals surface area contributed by atoms with Gasteiger partial charge in [0.05, 0.1) is 6.61 Å². The molecule has 1 unspecified atom stereocenters. The van der Waals surface area contributed by atoms with Crippen LogP contribution in [0.4, 0.5) is 8.78 Å². The summed E-state index contributed by atoms with van der Waals surface area (Å²) < 4.78 is 35.1. The number of benzene rings is 1. The van der Waals surface area contributed by atoms with Crippen molar-refractivity contribution in [1.29, 1.82) is 0 Å². The molecular formula is C15H19F2NO2. The molecule has 1 N–H and O–H groups in total. The Morgan fingerprint density at radius 3 is 2.70 bits per heavy atom. The third kappa shape index (κ3) is 3.39. The molecule has 1 aromatic carbocycles. The summed E-state index contributed by atoms with van der Waals surface area (Å²) in [5.41, 5.74) is 1.13. The molecule has 5 heteroatoms. The molecule has 1 heterocycles. The van der Waals surface area contributed by atoms with E-state index in [1.165, 1.54) is 0 Å². The van der Waals surface area contributed by atoms with Crippen molar-refractivity contribution in [2.24, 2.45) is 5.92 Å². The van der Waals surface area contributed by atoms with Crippen molar-refractivity contribution < 1.29 is 18.3 Å². The molecule has 1 aliphatic heterocycles. The minimum atomic E-state index is -2.82.